The molecule has 0 spiro atoms. The summed E-state index contributed by atoms with van der Waals surface area (Å²) in [4.78, 5) is 0. The molecule has 0 fully saturated rings. The molecule has 0 aliphatic carbocycles. The Morgan fingerprint density at radius 2 is 1.50 bits per heavy atom. The molecule has 0 bridgehead atoms. The Bertz CT molecular complexity index is 307. The first-order valence-electron chi connectivity index (χ1n) is 6.82. The number of aliphatic hydroxyl groups is 1. The third-order valence-electron chi connectivity index (χ3n) is 3.19. The predicted octanol–water partition coefficient (Wildman–Crippen LogP) is 1.49. The van der Waals surface area contributed by atoms with Crippen molar-refractivity contribution in [2.24, 2.45) is 0 Å². The van der Waals surface area contributed by atoms with Crippen LogP contribution in [0.4, 0.5) is 0 Å². The molecule has 0 saturated carbocycles. The third-order valence-corrected chi connectivity index (χ3v) is 4.74. The lowest BCUT2D eigenvalue weighted by Gasteiger charge is -2.28. The monoisotopic (exact) mass is 280 g/mol. The largest absolute Gasteiger partial charge is 0.389 e. The van der Waals surface area contributed by atoms with Crippen LogP contribution in [0.25, 0.3) is 0 Å². The molecule has 5 nitrogen and oxygen atoms in total. The van der Waals surface area contributed by atoms with Crippen LogP contribution < -0.4 is 4.72 Å². The number of nitrogens with zero attached hydrogens (tertiary/aromatic N) is 1. The molecular formula is C12H28N2O3S. The van der Waals surface area contributed by atoms with Crippen LogP contribution in [0.5, 0.6) is 0 Å². The maximum Gasteiger partial charge on any atom is 0.279 e. The molecule has 0 rings (SSSR count). The van der Waals surface area contributed by atoms with Crippen LogP contribution in [-0.2, 0) is 10.2 Å². The highest BCUT2D eigenvalue weighted by Crippen LogP contribution is 2.14. The van der Waals surface area contributed by atoms with Gasteiger partial charge in [-0.15, -0.1) is 0 Å². The van der Waals surface area contributed by atoms with Gasteiger partial charge in [0.15, 0.2) is 0 Å². The van der Waals surface area contributed by atoms with Gasteiger partial charge in [0.25, 0.3) is 10.2 Å². The van der Waals surface area contributed by atoms with Gasteiger partial charge in [0.05, 0.1) is 5.60 Å². The minimum absolute atomic E-state index is 0.0757. The highest BCUT2D eigenvalue weighted by Gasteiger charge is 2.27. The van der Waals surface area contributed by atoms with Crippen molar-refractivity contribution in [1.82, 2.24) is 9.03 Å². The summed E-state index contributed by atoms with van der Waals surface area (Å²) < 4.78 is 28.1. The van der Waals surface area contributed by atoms with Crippen molar-refractivity contribution in [3.63, 3.8) is 0 Å². The summed E-state index contributed by atoms with van der Waals surface area (Å²) in [5.41, 5.74) is -0.947. The third kappa shape index (κ3) is 5.65. The molecule has 0 atom stereocenters. The molecule has 0 radical (unpaired) electrons. The van der Waals surface area contributed by atoms with Crippen LogP contribution in [0, 0.1) is 0 Å². The van der Waals surface area contributed by atoms with Crippen molar-refractivity contribution in [2.75, 3.05) is 19.6 Å². The van der Waals surface area contributed by atoms with Gasteiger partial charge in [-0.1, -0.05) is 27.7 Å². The molecule has 18 heavy (non-hydrogen) atoms. The van der Waals surface area contributed by atoms with E-state index in [1.165, 1.54) is 4.31 Å². The van der Waals surface area contributed by atoms with Crippen LogP contribution in [0.3, 0.4) is 0 Å². The van der Waals surface area contributed by atoms with Crippen molar-refractivity contribution in [1.29, 1.82) is 0 Å². The fourth-order valence-electron chi connectivity index (χ4n) is 1.67. The first kappa shape index (κ1) is 17.8. The molecule has 110 valence electrons. The quantitative estimate of drug-likeness (QED) is 0.637. The number of hydrogen-bond acceptors (Lipinski definition) is 3. The van der Waals surface area contributed by atoms with Crippen molar-refractivity contribution in [2.45, 2.75) is 59.0 Å². The molecule has 0 unspecified atom stereocenters. The van der Waals surface area contributed by atoms with Crippen molar-refractivity contribution in [3.8, 4) is 0 Å². The molecule has 6 heteroatoms. The van der Waals surface area contributed by atoms with Gasteiger partial charge in [-0.3, -0.25) is 0 Å². The highest BCUT2D eigenvalue weighted by atomic mass is 32.2. The SMILES string of the molecule is CCCN(CCC)S(=O)(=O)NCC(O)(CC)CC. The van der Waals surface area contributed by atoms with E-state index >= 15 is 0 Å². The standard InChI is InChI=1S/C12H28N2O3S/c1-5-9-14(10-6-2)18(16,17)13-11-12(15,7-3)8-4/h13,15H,5-11H2,1-4H3. The van der Waals surface area contributed by atoms with E-state index < -0.39 is 15.8 Å². The van der Waals surface area contributed by atoms with E-state index in [1.807, 2.05) is 27.7 Å². The number of nitrogens with one attached hydrogen (secondary N) is 1. The molecule has 0 heterocycles. The summed E-state index contributed by atoms with van der Waals surface area (Å²) in [5.74, 6) is 0. The van der Waals surface area contributed by atoms with Gasteiger partial charge in [0.2, 0.25) is 0 Å². The molecule has 0 aromatic heterocycles. The Hall–Kier alpha value is -0.170. The Labute approximate surface area is 112 Å². The van der Waals surface area contributed by atoms with Crippen molar-refractivity contribution >= 4 is 10.2 Å². The van der Waals surface area contributed by atoms with Crippen LogP contribution in [0.2, 0.25) is 0 Å². The maximum atomic E-state index is 12.1. The zero-order valence-electron chi connectivity index (χ0n) is 12.1. The zero-order valence-corrected chi connectivity index (χ0v) is 12.9. The number of hydrogen-bond donors (Lipinski definition) is 2. The first-order valence-corrected chi connectivity index (χ1v) is 8.26. The van der Waals surface area contributed by atoms with Crippen LogP contribution >= 0.6 is 0 Å². The molecule has 0 aromatic carbocycles. The first-order chi connectivity index (χ1) is 8.35. The van der Waals surface area contributed by atoms with Gasteiger partial charge < -0.3 is 5.11 Å². The Balaban J connectivity index is 4.62. The fourth-order valence-corrected chi connectivity index (χ4v) is 3.15. The Morgan fingerprint density at radius 1 is 1.06 bits per heavy atom. The van der Waals surface area contributed by atoms with E-state index in [1.54, 1.807) is 0 Å². The second-order valence-corrected chi connectivity index (χ2v) is 6.41. The van der Waals surface area contributed by atoms with Gasteiger partial charge >= 0.3 is 0 Å². The van der Waals surface area contributed by atoms with Gasteiger partial charge in [0.1, 0.15) is 0 Å². The molecule has 0 aromatic rings. The summed E-state index contributed by atoms with van der Waals surface area (Å²) in [6, 6.07) is 0. The van der Waals surface area contributed by atoms with Crippen LogP contribution in [-0.4, -0.2) is 43.1 Å². The summed E-state index contributed by atoms with van der Waals surface area (Å²) in [6.07, 6.45) is 2.64. The average molecular weight is 280 g/mol. The molecular weight excluding hydrogens is 252 g/mol. The molecule has 0 aliphatic rings. The second-order valence-electron chi connectivity index (χ2n) is 4.66. The Kier molecular flexibility index (Phi) is 8.02. The van der Waals surface area contributed by atoms with E-state index in [-0.39, 0.29) is 6.54 Å². The topological polar surface area (TPSA) is 69.6 Å². The fraction of sp³-hybridized carbons (Fsp3) is 1.00. The molecule has 0 saturated heterocycles. The predicted molar refractivity (Wildman–Crippen MR) is 74.6 cm³/mol. The van der Waals surface area contributed by atoms with E-state index in [0.29, 0.717) is 25.9 Å². The summed E-state index contributed by atoms with van der Waals surface area (Å²) in [7, 11) is -3.48. The summed E-state index contributed by atoms with van der Waals surface area (Å²) in [6.45, 7) is 8.71. The maximum absolute atomic E-state index is 12.1. The van der Waals surface area contributed by atoms with Crippen LogP contribution in [0.15, 0.2) is 0 Å². The lowest BCUT2D eigenvalue weighted by atomic mass is 9.98. The van der Waals surface area contributed by atoms with Crippen molar-refractivity contribution in [3.05, 3.63) is 0 Å². The zero-order chi connectivity index (χ0) is 14.2. The van der Waals surface area contributed by atoms with Gasteiger partial charge in [-0.2, -0.15) is 17.4 Å². The minimum Gasteiger partial charge on any atom is -0.389 e. The number of rotatable bonds is 10. The molecule has 2 N–H and O–H groups in total. The van der Waals surface area contributed by atoms with E-state index in [4.69, 9.17) is 0 Å². The highest BCUT2D eigenvalue weighted by molar-refractivity contribution is 7.87. The average Bonchev–Trinajstić information content (AvgIpc) is 2.36. The summed E-state index contributed by atoms with van der Waals surface area (Å²) >= 11 is 0. The van der Waals surface area contributed by atoms with E-state index in [9.17, 15) is 13.5 Å². The minimum atomic E-state index is -3.48. The Morgan fingerprint density at radius 3 is 1.83 bits per heavy atom. The lowest BCUT2D eigenvalue weighted by Crippen LogP contribution is -2.48. The second kappa shape index (κ2) is 8.09. The molecule has 0 amide bonds. The van der Waals surface area contributed by atoms with Gasteiger partial charge in [-0.05, 0) is 25.7 Å². The summed E-state index contributed by atoms with van der Waals surface area (Å²) in [5, 5.41) is 10.1. The van der Waals surface area contributed by atoms with Gasteiger partial charge in [0, 0.05) is 19.6 Å². The smallest absolute Gasteiger partial charge is 0.279 e. The lowest BCUT2D eigenvalue weighted by molar-refractivity contribution is 0.0373. The van der Waals surface area contributed by atoms with Crippen LogP contribution in [0.1, 0.15) is 53.4 Å². The van der Waals surface area contributed by atoms with Crippen molar-refractivity contribution < 1.29 is 13.5 Å². The normalized spacial score (nSPS) is 13.2. The van der Waals surface area contributed by atoms with E-state index in [0.717, 1.165) is 12.8 Å². The van der Waals surface area contributed by atoms with Gasteiger partial charge in [-0.25, -0.2) is 0 Å². The molecule has 0 aliphatic heterocycles. The van der Waals surface area contributed by atoms with E-state index in [2.05, 4.69) is 4.72 Å².